The van der Waals surface area contributed by atoms with E-state index >= 15 is 0 Å². The Morgan fingerprint density at radius 2 is 1.17 bits per heavy atom. The number of furan rings is 2. The van der Waals surface area contributed by atoms with E-state index in [4.69, 9.17) is 0 Å². The summed E-state index contributed by atoms with van der Waals surface area (Å²) < 4.78 is 8.87. The van der Waals surface area contributed by atoms with Crippen molar-refractivity contribution in [3.8, 4) is 0 Å². The van der Waals surface area contributed by atoms with Crippen molar-refractivity contribution < 1.29 is 66.4 Å². The van der Waals surface area contributed by atoms with Crippen LogP contribution in [0.5, 0.6) is 0 Å². The van der Waals surface area contributed by atoms with Gasteiger partial charge in [0.2, 0.25) is 0 Å². The molecule has 0 fully saturated rings. The van der Waals surface area contributed by atoms with E-state index in [-0.39, 0.29) is 49.2 Å². The van der Waals surface area contributed by atoms with Crippen LogP contribution < -0.4 is 47.9 Å². The van der Waals surface area contributed by atoms with Crippen LogP contribution in [0, 0.1) is 0 Å². The molecule has 2 rings (SSSR count). The first-order chi connectivity index (χ1) is 7.61. The zero-order chi connectivity index (χ0) is 12.0. The fourth-order valence-electron chi connectivity index (χ4n) is 0.789. The Bertz CT molecular complexity index is 404. The topological polar surface area (TPSA) is 107 Å². The standard InChI is InChI=1S/2C5H4O3.2Li/c2*6-5(7)4-2-1-3-8-4;;/h2*1-3H,(H,6,7);;/q;;2*+1/p-2. The summed E-state index contributed by atoms with van der Waals surface area (Å²) in [5.74, 6) is -2.83. The summed E-state index contributed by atoms with van der Waals surface area (Å²) in [4.78, 5) is 19.7. The maximum atomic E-state index is 9.86. The number of rotatable bonds is 2. The largest absolute Gasteiger partial charge is 1.00 e. The van der Waals surface area contributed by atoms with Crippen LogP contribution in [0.2, 0.25) is 0 Å². The normalized spacial score (nSPS) is 8.00. The van der Waals surface area contributed by atoms with Gasteiger partial charge in [0.1, 0.15) is 23.5 Å². The van der Waals surface area contributed by atoms with Crippen LogP contribution in [0.4, 0.5) is 0 Å². The molecular formula is C10H6Li2O6. The minimum atomic E-state index is -1.28. The van der Waals surface area contributed by atoms with Gasteiger partial charge in [-0.15, -0.1) is 0 Å². The van der Waals surface area contributed by atoms with E-state index in [9.17, 15) is 19.8 Å². The van der Waals surface area contributed by atoms with Crippen molar-refractivity contribution in [1.82, 2.24) is 0 Å². The molecule has 0 unspecified atom stereocenters. The first-order valence-electron chi connectivity index (χ1n) is 4.11. The summed E-state index contributed by atoms with van der Waals surface area (Å²) in [6, 6.07) is 5.64. The van der Waals surface area contributed by atoms with Crippen molar-refractivity contribution in [3.63, 3.8) is 0 Å². The molecule has 0 saturated carbocycles. The first kappa shape index (κ1) is 19.0. The van der Waals surface area contributed by atoms with Gasteiger partial charge in [0.05, 0.1) is 12.5 Å². The second-order valence-corrected chi connectivity index (χ2v) is 2.53. The predicted octanol–water partition coefficient (Wildman–Crippen LogP) is -6.71. The molecule has 2 aromatic heterocycles. The number of hydrogen-bond acceptors (Lipinski definition) is 6. The van der Waals surface area contributed by atoms with Crippen LogP contribution in [0.15, 0.2) is 45.6 Å². The number of carboxylic acids is 2. The third-order valence-corrected chi connectivity index (χ3v) is 1.44. The Kier molecular flexibility index (Phi) is 10.3. The number of carboxylic acid groups (broad SMARTS) is 2. The minimum Gasteiger partial charge on any atom is -0.542 e. The molecule has 2 aromatic rings. The molecule has 0 atom stereocenters. The van der Waals surface area contributed by atoms with Crippen molar-refractivity contribution in [2.75, 3.05) is 0 Å². The summed E-state index contributed by atoms with van der Waals surface area (Å²) >= 11 is 0. The molecule has 8 heteroatoms. The minimum absolute atomic E-state index is 0. The van der Waals surface area contributed by atoms with Gasteiger partial charge in [-0.25, -0.2) is 0 Å². The molecule has 0 aromatic carbocycles. The van der Waals surface area contributed by atoms with Crippen molar-refractivity contribution in [2.45, 2.75) is 0 Å². The smallest absolute Gasteiger partial charge is 0.542 e. The van der Waals surface area contributed by atoms with Crippen LogP contribution >= 0.6 is 0 Å². The van der Waals surface area contributed by atoms with E-state index < -0.39 is 11.9 Å². The van der Waals surface area contributed by atoms with Crippen LogP contribution in [0.25, 0.3) is 0 Å². The molecule has 0 amide bonds. The summed E-state index contributed by atoms with van der Waals surface area (Å²) in [6.45, 7) is 0. The monoisotopic (exact) mass is 236 g/mol. The van der Waals surface area contributed by atoms with Gasteiger partial charge in [-0.1, -0.05) is 0 Å². The fraction of sp³-hybridized carbons (Fsp3) is 0. The van der Waals surface area contributed by atoms with Crippen LogP contribution in [0.3, 0.4) is 0 Å². The van der Waals surface area contributed by atoms with Crippen molar-refractivity contribution in [2.24, 2.45) is 0 Å². The molecule has 0 radical (unpaired) electrons. The van der Waals surface area contributed by atoms with E-state index in [0.29, 0.717) is 0 Å². The molecule has 0 aliphatic heterocycles. The van der Waals surface area contributed by atoms with Gasteiger partial charge in [0, 0.05) is 0 Å². The zero-order valence-electron chi connectivity index (χ0n) is 9.91. The van der Waals surface area contributed by atoms with Gasteiger partial charge >= 0.3 is 37.7 Å². The van der Waals surface area contributed by atoms with Gasteiger partial charge < -0.3 is 28.6 Å². The second kappa shape index (κ2) is 9.70. The van der Waals surface area contributed by atoms with E-state index in [1.54, 1.807) is 0 Å². The summed E-state index contributed by atoms with van der Waals surface area (Å²) in [6.07, 6.45) is 2.57. The Hall–Kier alpha value is -1.31. The predicted molar refractivity (Wildman–Crippen MR) is 46.1 cm³/mol. The molecular weight excluding hydrogens is 230 g/mol. The third kappa shape index (κ3) is 6.44. The van der Waals surface area contributed by atoms with E-state index in [0.717, 1.165) is 0 Å². The van der Waals surface area contributed by atoms with E-state index in [2.05, 4.69) is 8.83 Å². The quantitative estimate of drug-likeness (QED) is 0.480. The molecule has 84 valence electrons. The molecule has 2 heterocycles. The molecule has 0 saturated heterocycles. The average Bonchev–Trinajstić information content (AvgIpc) is 2.93. The molecule has 0 spiro atoms. The molecule has 0 aliphatic carbocycles. The van der Waals surface area contributed by atoms with Crippen LogP contribution in [-0.2, 0) is 0 Å². The molecule has 0 N–H and O–H groups in total. The zero-order valence-corrected chi connectivity index (χ0v) is 9.91. The van der Waals surface area contributed by atoms with Gasteiger partial charge in [0.15, 0.2) is 0 Å². The molecule has 0 bridgehead atoms. The van der Waals surface area contributed by atoms with Gasteiger partial charge in [0.25, 0.3) is 0 Å². The van der Waals surface area contributed by atoms with E-state index in [1.165, 1.54) is 36.8 Å². The first-order valence-corrected chi connectivity index (χ1v) is 4.11. The van der Waals surface area contributed by atoms with Crippen molar-refractivity contribution in [1.29, 1.82) is 0 Å². The van der Waals surface area contributed by atoms with E-state index in [1.807, 2.05) is 0 Å². The van der Waals surface area contributed by atoms with Gasteiger partial charge in [-0.2, -0.15) is 0 Å². The number of hydrogen-bond donors (Lipinski definition) is 0. The number of carbonyl (C=O) groups is 2. The van der Waals surface area contributed by atoms with Crippen molar-refractivity contribution in [3.05, 3.63) is 48.3 Å². The fourth-order valence-corrected chi connectivity index (χ4v) is 0.789. The van der Waals surface area contributed by atoms with Gasteiger partial charge in [-0.3, -0.25) is 0 Å². The Morgan fingerprint density at radius 1 is 0.833 bits per heavy atom. The summed E-state index contributed by atoms with van der Waals surface area (Å²) in [5, 5.41) is 19.7. The van der Waals surface area contributed by atoms with Crippen LogP contribution in [-0.4, -0.2) is 11.9 Å². The SMILES string of the molecule is O=C([O-])c1ccco1.O=C([O-])c1ccco1.[Li+].[Li+]. The maximum absolute atomic E-state index is 9.86. The Balaban J connectivity index is 0. The Morgan fingerprint density at radius 3 is 1.28 bits per heavy atom. The second-order valence-electron chi connectivity index (χ2n) is 2.53. The average molecular weight is 236 g/mol. The molecule has 6 nitrogen and oxygen atoms in total. The van der Waals surface area contributed by atoms with Crippen LogP contribution in [0.1, 0.15) is 21.1 Å². The van der Waals surface area contributed by atoms with Gasteiger partial charge in [-0.05, 0) is 24.3 Å². The summed E-state index contributed by atoms with van der Waals surface area (Å²) in [7, 11) is 0. The third-order valence-electron chi connectivity index (χ3n) is 1.44. The summed E-state index contributed by atoms with van der Waals surface area (Å²) in [5.41, 5.74) is 0. The number of aromatic carboxylic acids is 2. The number of carbonyl (C=O) groups excluding carboxylic acids is 2. The Labute approximate surface area is 126 Å². The molecule has 0 aliphatic rings. The molecule has 18 heavy (non-hydrogen) atoms. The maximum Gasteiger partial charge on any atom is 1.00 e. The van der Waals surface area contributed by atoms with Crippen molar-refractivity contribution >= 4 is 11.9 Å².